The molecule has 94 valence electrons. The number of alkyl halides is 3. The van der Waals surface area contributed by atoms with E-state index in [1.54, 1.807) is 0 Å². The van der Waals surface area contributed by atoms with Crippen molar-refractivity contribution in [3.05, 3.63) is 34.4 Å². The summed E-state index contributed by atoms with van der Waals surface area (Å²) in [6.45, 7) is 0. The summed E-state index contributed by atoms with van der Waals surface area (Å²) in [6, 6.07) is 2.82. The van der Waals surface area contributed by atoms with E-state index >= 15 is 0 Å². The first kappa shape index (κ1) is 13.7. The third-order valence-electron chi connectivity index (χ3n) is 2.14. The third-order valence-corrected chi connectivity index (χ3v) is 2.14. The summed E-state index contributed by atoms with van der Waals surface area (Å²) in [7, 11) is 0. The number of carboxylic acids is 1. The molecular formula is C11H6F3NO3. The monoisotopic (exact) mass is 257 g/mol. The third kappa shape index (κ3) is 2.85. The fraction of sp³-hybridized carbons (Fsp3) is 0.182. The number of aldehydes is 1. The Balaban J connectivity index is 3.56. The second kappa shape index (κ2) is 4.87. The van der Waals surface area contributed by atoms with Crippen molar-refractivity contribution < 1.29 is 27.9 Å². The van der Waals surface area contributed by atoms with Crippen LogP contribution in [0.3, 0.4) is 0 Å². The van der Waals surface area contributed by atoms with Crippen LogP contribution in [0, 0.1) is 11.3 Å². The van der Waals surface area contributed by atoms with E-state index in [-0.39, 0.29) is 17.4 Å². The summed E-state index contributed by atoms with van der Waals surface area (Å²) in [5, 5.41) is 17.3. The van der Waals surface area contributed by atoms with Crippen LogP contribution in [0.2, 0.25) is 0 Å². The molecule has 0 atom stereocenters. The summed E-state index contributed by atoms with van der Waals surface area (Å²) in [5.74, 6) is -1.39. The minimum absolute atomic E-state index is 0.168. The molecule has 0 radical (unpaired) electrons. The lowest BCUT2D eigenvalue weighted by atomic mass is 9.96. The van der Waals surface area contributed by atoms with Crippen LogP contribution >= 0.6 is 0 Å². The molecule has 7 heteroatoms. The van der Waals surface area contributed by atoms with Crippen LogP contribution in [0.25, 0.3) is 0 Å². The Morgan fingerprint density at radius 3 is 2.44 bits per heavy atom. The van der Waals surface area contributed by atoms with E-state index in [2.05, 4.69) is 0 Å². The largest absolute Gasteiger partial charge is 0.481 e. The van der Waals surface area contributed by atoms with E-state index in [1.807, 2.05) is 0 Å². The first-order chi connectivity index (χ1) is 8.29. The fourth-order valence-corrected chi connectivity index (χ4v) is 1.45. The maximum Gasteiger partial charge on any atom is 0.417 e. The SMILES string of the molecule is N#Cc1c(CC(=O)O)cc(C=O)cc1C(F)(F)F. The van der Waals surface area contributed by atoms with Gasteiger partial charge in [0.1, 0.15) is 12.4 Å². The number of benzene rings is 1. The maximum absolute atomic E-state index is 12.7. The standard InChI is InChI=1S/C11H6F3NO3/c12-11(13,14)9-2-6(5-16)1-7(3-10(17)18)8(9)4-15/h1-2,5H,3H2,(H,17,18). The lowest BCUT2D eigenvalue weighted by Gasteiger charge is -2.12. The highest BCUT2D eigenvalue weighted by atomic mass is 19.4. The molecule has 0 spiro atoms. The van der Waals surface area contributed by atoms with Gasteiger partial charge in [-0.05, 0) is 17.7 Å². The molecule has 18 heavy (non-hydrogen) atoms. The van der Waals surface area contributed by atoms with Gasteiger partial charge in [0, 0.05) is 5.56 Å². The molecule has 1 aromatic carbocycles. The average molecular weight is 257 g/mol. The quantitative estimate of drug-likeness (QED) is 0.840. The Bertz CT molecular complexity index is 544. The molecule has 0 heterocycles. The van der Waals surface area contributed by atoms with E-state index in [1.165, 1.54) is 6.07 Å². The molecule has 0 aliphatic heterocycles. The number of carboxylic acid groups (broad SMARTS) is 1. The Morgan fingerprint density at radius 2 is 2.06 bits per heavy atom. The molecule has 0 saturated heterocycles. The number of nitriles is 1. The van der Waals surface area contributed by atoms with Gasteiger partial charge in [-0.3, -0.25) is 9.59 Å². The van der Waals surface area contributed by atoms with E-state index in [4.69, 9.17) is 10.4 Å². The van der Waals surface area contributed by atoms with Gasteiger partial charge in [0.25, 0.3) is 0 Å². The Kier molecular flexibility index (Phi) is 3.71. The van der Waals surface area contributed by atoms with Crippen molar-refractivity contribution in [2.24, 2.45) is 0 Å². The number of hydrogen-bond donors (Lipinski definition) is 1. The van der Waals surface area contributed by atoms with Crippen molar-refractivity contribution in [2.75, 3.05) is 0 Å². The molecule has 1 N–H and O–H groups in total. The van der Waals surface area contributed by atoms with Crippen molar-refractivity contribution in [3.63, 3.8) is 0 Å². The zero-order valence-electron chi connectivity index (χ0n) is 8.78. The summed E-state index contributed by atoms with van der Waals surface area (Å²) in [4.78, 5) is 21.0. The summed E-state index contributed by atoms with van der Waals surface area (Å²) in [6.07, 6.45) is -5.41. The van der Waals surface area contributed by atoms with E-state index in [0.717, 1.165) is 6.07 Å². The predicted octanol–water partition coefficient (Wildman–Crippen LogP) is 2.02. The molecule has 4 nitrogen and oxygen atoms in total. The van der Waals surface area contributed by atoms with Gasteiger partial charge in [0.2, 0.25) is 0 Å². The Morgan fingerprint density at radius 1 is 1.44 bits per heavy atom. The topological polar surface area (TPSA) is 78.2 Å². The molecule has 1 aromatic rings. The van der Waals surface area contributed by atoms with Crippen molar-refractivity contribution in [2.45, 2.75) is 12.6 Å². The van der Waals surface area contributed by atoms with Gasteiger partial charge >= 0.3 is 12.1 Å². The van der Waals surface area contributed by atoms with E-state index < -0.39 is 29.7 Å². The Hall–Kier alpha value is -2.36. The highest BCUT2D eigenvalue weighted by Crippen LogP contribution is 2.34. The van der Waals surface area contributed by atoms with E-state index in [0.29, 0.717) is 6.07 Å². The van der Waals surface area contributed by atoms with Crippen molar-refractivity contribution >= 4 is 12.3 Å². The number of carbonyl (C=O) groups is 2. The molecule has 0 aromatic heterocycles. The van der Waals surface area contributed by atoms with Gasteiger partial charge in [-0.25, -0.2) is 0 Å². The molecule has 0 unspecified atom stereocenters. The van der Waals surface area contributed by atoms with E-state index in [9.17, 15) is 22.8 Å². The first-order valence-corrected chi connectivity index (χ1v) is 4.60. The molecular weight excluding hydrogens is 251 g/mol. The number of halogens is 3. The van der Waals surface area contributed by atoms with Crippen LogP contribution in [0.15, 0.2) is 12.1 Å². The van der Waals surface area contributed by atoms with Gasteiger partial charge < -0.3 is 5.11 Å². The smallest absolute Gasteiger partial charge is 0.417 e. The number of hydrogen-bond acceptors (Lipinski definition) is 3. The maximum atomic E-state index is 12.7. The van der Waals surface area contributed by atoms with Crippen LogP contribution in [0.4, 0.5) is 13.2 Å². The summed E-state index contributed by atoms with van der Waals surface area (Å²) >= 11 is 0. The average Bonchev–Trinajstić information content (AvgIpc) is 2.25. The Labute approximate surface area is 99.3 Å². The lowest BCUT2D eigenvalue weighted by Crippen LogP contribution is -2.13. The van der Waals surface area contributed by atoms with Crippen LogP contribution in [-0.4, -0.2) is 17.4 Å². The zero-order valence-corrected chi connectivity index (χ0v) is 8.78. The number of nitrogens with zero attached hydrogens (tertiary/aromatic N) is 1. The van der Waals surface area contributed by atoms with Crippen molar-refractivity contribution in [1.82, 2.24) is 0 Å². The zero-order chi connectivity index (χ0) is 13.9. The summed E-state index contributed by atoms with van der Waals surface area (Å²) < 4.78 is 38.0. The molecule has 0 saturated carbocycles. The number of carbonyl (C=O) groups excluding carboxylic acids is 1. The van der Waals surface area contributed by atoms with Crippen molar-refractivity contribution in [1.29, 1.82) is 5.26 Å². The summed E-state index contributed by atoms with van der Waals surface area (Å²) in [5.41, 5.74) is -2.72. The molecule has 0 amide bonds. The molecule has 0 bridgehead atoms. The van der Waals surface area contributed by atoms with Crippen LogP contribution < -0.4 is 0 Å². The normalized spacial score (nSPS) is 10.8. The molecule has 0 aliphatic carbocycles. The fourth-order valence-electron chi connectivity index (χ4n) is 1.45. The van der Waals surface area contributed by atoms with Crippen LogP contribution in [0.1, 0.15) is 27.0 Å². The first-order valence-electron chi connectivity index (χ1n) is 4.60. The van der Waals surface area contributed by atoms with Crippen molar-refractivity contribution in [3.8, 4) is 6.07 Å². The van der Waals surface area contributed by atoms with Crippen LogP contribution in [0.5, 0.6) is 0 Å². The van der Waals surface area contributed by atoms with Gasteiger partial charge in [0.05, 0.1) is 17.5 Å². The minimum Gasteiger partial charge on any atom is -0.481 e. The number of rotatable bonds is 3. The van der Waals surface area contributed by atoms with Gasteiger partial charge in [-0.2, -0.15) is 18.4 Å². The molecule has 1 rings (SSSR count). The molecule has 0 aliphatic rings. The minimum atomic E-state index is -4.82. The van der Waals surface area contributed by atoms with Gasteiger partial charge in [0.15, 0.2) is 0 Å². The predicted molar refractivity (Wildman–Crippen MR) is 52.9 cm³/mol. The molecule has 0 fully saturated rings. The highest BCUT2D eigenvalue weighted by molar-refractivity contribution is 5.79. The van der Waals surface area contributed by atoms with Gasteiger partial charge in [-0.15, -0.1) is 0 Å². The second-order valence-electron chi connectivity index (χ2n) is 3.40. The second-order valence-corrected chi connectivity index (χ2v) is 3.40. The lowest BCUT2D eigenvalue weighted by molar-refractivity contribution is -0.139. The van der Waals surface area contributed by atoms with Crippen LogP contribution in [-0.2, 0) is 17.4 Å². The highest BCUT2D eigenvalue weighted by Gasteiger charge is 2.35. The van der Waals surface area contributed by atoms with Gasteiger partial charge in [-0.1, -0.05) is 0 Å². The number of aliphatic carboxylic acids is 1.